The van der Waals surface area contributed by atoms with Crippen LogP contribution in [-0.2, 0) is 18.6 Å². The standard InChI is InChI=1S/C9H10N3O/c1-12-8-2-4-10-6-7(8)11-9(12)3-5-13/h2,4,6H,3,5H2,1H3. The summed E-state index contributed by atoms with van der Waals surface area (Å²) < 4.78 is 1.94. The van der Waals surface area contributed by atoms with Gasteiger partial charge in [-0.25, -0.2) is 10.1 Å². The molecule has 0 bridgehead atoms. The molecule has 0 aliphatic rings. The second-order valence-corrected chi connectivity index (χ2v) is 2.91. The maximum Gasteiger partial charge on any atom is 0.112 e. The fourth-order valence-corrected chi connectivity index (χ4v) is 1.42. The van der Waals surface area contributed by atoms with Gasteiger partial charge in [0.2, 0.25) is 0 Å². The van der Waals surface area contributed by atoms with E-state index < -0.39 is 0 Å². The Hall–Kier alpha value is -1.42. The Labute approximate surface area is 75.9 Å². The molecule has 13 heavy (non-hydrogen) atoms. The molecule has 0 unspecified atom stereocenters. The highest BCUT2D eigenvalue weighted by Gasteiger charge is 2.05. The minimum atomic E-state index is -0.120. The lowest BCUT2D eigenvalue weighted by atomic mass is 10.4. The first-order chi connectivity index (χ1) is 6.33. The van der Waals surface area contributed by atoms with Crippen molar-refractivity contribution in [2.75, 3.05) is 6.61 Å². The zero-order chi connectivity index (χ0) is 9.26. The van der Waals surface area contributed by atoms with Gasteiger partial charge in [-0.05, 0) is 6.07 Å². The van der Waals surface area contributed by atoms with Crippen LogP contribution < -0.4 is 0 Å². The SMILES string of the molecule is Cn1c(CC[O])nc2cnccc21. The maximum atomic E-state index is 10.5. The van der Waals surface area contributed by atoms with Crippen molar-refractivity contribution in [3.63, 3.8) is 0 Å². The fourth-order valence-electron chi connectivity index (χ4n) is 1.42. The molecule has 4 heteroatoms. The smallest absolute Gasteiger partial charge is 0.112 e. The van der Waals surface area contributed by atoms with E-state index in [9.17, 15) is 5.11 Å². The van der Waals surface area contributed by atoms with E-state index in [1.165, 1.54) is 0 Å². The molecule has 0 aliphatic carbocycles. The van der Waals surface area contributed by atoms with Crippen LogP contribution in [0.15, 0.2) is 18.5 Å². The summed E-state index contributed by atoms with van der Waals surface area (Å²) in [5, 5.41) is 10.5. The first-order valence-electron chi connectivity index (χ1n) is 4.16. The van der Waals surface area contributed by atoms with E-state index in [-0.39, 0.29) is 6.61 Å². The van der Waals surface area contributed by atoms with Gasteiger partial charge in [0.25, 0.3) is 0 Å². The quantitative estimate of drug-likeness (QED) is 0.683. The summed E-state index contributed by atoms with van der Waals surface area (Å²) in [4.78, 5) is 8.28. The molecule has 0 amide bonds. The molecule has 2 heterocycles. The molecule has 0 spiro atoms. The van der Waals surface area contributed by atoms with Gasteiger partial charge in [0.1, 0.15) is 11.3 Å². The first-order valence-corrected chi connectivity index (χ1v) is 4.16. The lowest BCUT2D eigenvalue weighted by Crippen LogP contribution is -1.99. The summed E-state index contributed by atoms with van der Waals surface area (Å²) in [6.45, 7) is -0.120. The molecular weight excluding hydrogens is 166 g/mol. The number of hydrogen-bond donors (Lipinski definition) is 0. The van der Waals surface area contributed by atoms with Crippen LogP contribution in [-0.4, -0.2) is 21.1 Å². The van der Waals surface area contributed by atoms with Crippen molar-refractivity contribution in [1.82, 2.24) is 14.5 Å². The van der Waals surface area contributed by atoms with E-state index in [0.717, 1.165) is 16.9 Å². The van der Waals surface area contributed by atoms with Crippen LogP contribution >= 0.6 is 0 Å². The monoisotopic (exact) mass is 176 g/mol. The predicted octanol–water partition coefficient (Wildman–Crippen LogP) is 0.941. The second kappa shape index (κ2) is 3.14. The number of nitrogens with zero attached hydrogens (tertiary/aromatic N) is 3. The Morgan fingerprint density at radius 3 is 3.08 bits per heavy atom. The Balaban J connectivity index is 2.60. The largest absolute Gasteiger partial charge is 0.331 e. The number of rotatable bonds is 2. The van der Waals surface area contributed by atoms with Crippen molar-refractivity contribution in [2.45, 2.75) is 6.42 Å². The fraction of sp³-hybridized carbons (Fsp3) is 0.333. The molecule has 2 rings (SSSR count). The summed E-state index contributed by atoms with van der Waals surface area (Å²) >= 11 is 0. The molecule has 2 aromatic rings. The third-order valence-electron chi connectivity index (χ3n) is 2.10. The Kier molecular flexibility index (Phi) is 1.98. The van der Waals surface area contributed by atoms with Gasteiger partial charge in [-0.15, -0.1) is 0 Å². The van der Waals surface area contributed by atoms with Gasteiger partial charge < -0.3 is 4.57 Å². The summed E-state index contributed by atoms with van der Waals surface area (Å²) in [7, 11) is 1.92. The topological polar surface area (TPSA) is 50.6 Å². The molecule has 1 radical (unpaired) electrons. The Morgan fingerprint density at radius 1 is 1.54 bits per heavy atom. The normalized spacial score (nSPS) is 10.9. The van der Waals surface area contributed by atoms with Crippen molar-refractivity contribution in [1.29, 1.82) is 0 Å². The molecule has 0 aromatic carbocycles. The molecule has 67 valence electrons. The number of imidazole rings is 1. The van der Waals surface area contributed by atoms with Gasteiger partial charge in [0.15, 0.2) is 0 Å². The van der Waals surface area contributed by atoms with Crippen LogP contribution in [0.1, 0.15) is 5.82 Å². The molecule has 0 aliphatic heterocycles. The van der Waals surface area contributed by atoms with Crippen LogP contribution in [0.25, 0.3) is 11.0 Å². The average molecular weight is 176 g/mol. The van der Waals surface area contributed by atoms with Crippen LogP contribution in [0, 0.1) is 0 Å². The van der Waals surface area contributed by atoms with Crippen molar-refractivity contribution in [2.24, 2.45) is 7.05 Å². The van der Waals surface area contributed by atoms with Crippen molar-refractivity contribution >= 4 is 11.0 Å². The number of aromatic nitrogens is 3. The third kappa shape index (κ3) is 1.29. The maximum absolute atomic E-state index is 10.5. The van der Waals surface area contributed by atoms with Crippen molar-refractivity contribution in [3.8, 4) is 0 Å². The molecule has 4 nitrogen and oxygen atoms in total. The molecule has 0 saturated carbocycles. The van der Waals surface area contributed by atoms with E-state index in [2.05, 4.69) is 9.97 Å². The van der Waals surface area contributed by atoms with Gasteiger partial charge in [-0.1, -0.05) is 0 Å². The third-order valence-corrected chi connectivity index (χ3v) is 2.10. The molecule has 2 aromatic heterocycles. The zero-order valence-electron chi connectivity index (χ0n) is 7.40. The van der Waals surface area contributed by atoms with Gasteiger partial charge >= 0.3 is 0 Å². The highest BCUT2D eigenvalue weighted by Crippen LogP contribution is 2.12. The number of aryl methyl sites for hydroxylation is 1. The first kappa shape index (κ1) is 8.19. The second-order valence-electron chi connectivity index (χ2n) is 2.91. The van der Waals surface area contributed by atoms with E-state index in [1.54, 1.807) is 12.4 Å². The average Bonchev–Trinajstić information content (AvgIpc) is 2.46. The van der Waals surface area contributed by atoms with Gasteiger partial charge in [-0.2, -0.15) is 0 Å². The Bertz CT molecular complexity index is 422. The van der Waals surface area contributed by atoms with Crippen LogP contribution in [0.3, 0.4) is 0 Å². The molecule has 0 N–H and O–H groups in total. The molecule has 0 saturated heterocycles. The highest BCUT2D eigenvalue weighted by molar-refractivity contribution is 5.74. The van der Waals surface area contributed by atoms with E-state index in [4.69, 9.17) is 0 Å². The number of hydrogen-bond acceptors (Lipinski definition) is 2. The summed E-state index contributed by atoms with van der Waals surface area (Å²) in [5.74, 6) is 0.831. The predicted molar refractivity (Wildman–Crippen MR) is 47.8 cm³/mol. The minimum Gasteiger partial charge on any atom is -0.331 e. The van der Waals surface area contributed by atoms with Crippen LogP contribution in [0.4, 0.5) is 0 Å². The van der Waals surface area contributed by atoms with Crippen molar-refractivity contribution < 1.29 is 5.11 Å². The summed E-state index contributed by atoms with van der Waals surface area (Å²) in [6, 6.07) is 1.90. The van der Waals surface area contributed by atoms with Gasteiger partial charge in [-0.3, -0.25) is 4.98 Å². The van der Waals surface area contributed by atoms with E-state index >= 15 is 0 Å². The van der Waals surface area contributed by atoms with Crippen LogP contribution in [0.5, 0.6) is 0 Å². The Morgan fingerprint density at radius 2 is 2.38 bits per heavy atom. The van der Waals surface area contributed by atoms with E-state index in [1.807, 2.05) is 17.7 Å². The van der Waals surface area contributed by atoms with Crippen LogP contribution in [0.2, 0.25) is 0 Å². The number of pyridine rings is 1. The molecule has 0 atom stereocenters. The van der Waals surface area contributed by atoms with Gasteiger partial charge in [0, 0.05) is 19.7 Å². The zero-order valence-corrected chi connectivity index (χ0v) is 7.40. The number of fused-ring (bicyclic) bond motifs is 1. The molecular formula is C9H10N3O. The lowest BCUT2D eigenvalue weighted by Gasteiger charge is -1.97. The summed E-state index contributed by atoms with van der Waals surface area (Å²) in [6.07, 6.45) is 3.92. The molecule has 0 fully saturated rings. The van der Waals surface area contributed by atoms with Gasteiger partial charge in [0.05, 0.1) is 18.3 Å². The lowest BCUT2D eigenvalue weighted by molar-refractivity contribution is 0.194. The summed E-state index contributed by atoms with van der Waals surface area (Å²) in [5.41, 5.74) is 1.88. The van der Waals surface area contributed by atoms with E-state index in [0.29, 0.717) is 6.42 Å². The van der Waals surface area contributed by atoms with Crippen molar-refractivity contribution in [3.05, 3.63) is 24.3 Å². The highest BCUT2D eigenvalue weighted by atomic mass is 16.3. The minimum absolute atomic E-state index is 0.120.